The largest absolute Gasteiger partial charge is 0.496 e. The van der Waals surface area contributed by atoms with Gasteiger partial charge in [0.15, 0.2) is 0 Å². The van der Waals surface area contributed by atoms with E-state index in [0.717, 1.165) is 31.6 Å². The van der Waals surface area contributed by atoms with E-state index >= 15 is 0 Å². The summed E-state index contributed by atoms with van der Waals surface area (Å²) in [4.78, 5) is 47.7. The van der Waals surface area contributed by atoms with E-state index in [1.807, 2.05) is 18.2 Å². The highest BCUT2D eigenvalue weighted by molar-refractivity contribution is 5.89. The molecule has 1 aliphatic carbocycles. The lowest BCUT2D eigenvalue weighted by atomic mass is 10.1. The van der Waals surface area contributed by atoms with E-state index in [4.69, 9.17) is 16.2 Å². The van der Waals surface area contributed by atoms with Crippen molar-refractivity contribution in [3.8, 4) is 11.4 Å². The fourth-order valence-electron chi connectivity index (χ4n) is 5.59. The first kappa shape index (κ1) is 27.1. The van der Waals surface area contributed by atoms with Crippen LogP contribution in [-0.4, -0.2) is 101 Å². The van der Waals surface area contributed by atoms with Gasteiger partial charge >= 0.3 is 11.7 Å². The molecule has 12 nitrogen and oxygen atoms in total. The maximum Gasteiger partial charge on any atom is 0.354 e. The topological polar surface area (TPSA) is 152 Å². The Balaban J connectivity index is 1.18. The number of ether oxygens (including phenoxy) is 1. The summed E-state index contributed by atoms with van der Waals surface area (Å²) in [7, 11) is 1.62. The van der Waals surface area contributed by atoms with Crippen LogP contribution in [-0.2, 0) is 11.2 Å². The molecular formula is C27H38N8O4. The van der Waals surface area contributed by atoms with E-state index in [1.54, 1.807) is 43.0 Å². The molecule has 2 atom stereocenters. The number of benzene rings is 1. The van der Waals surface area contributed by atoms with Crippen LogP contribution in [0.25, 0.3) is 5.69 Å². The molecule has 3 fully saturated rings. The van der Waals surface area contributed by atoms with Gasteiger partial charge in [0, 0.05) is 64.1 Å². The van der Waals surface area contributed by atoms with Gasteiger partial charge in [-0.2, -0.15) is 4.98 Å². The molecule has 0 spiro atoms. The second kappa shape index (κ2) is 10.6. The van der Waals surface area contributed by atoms with Crippen LogP contribution in [0.5, 0.6) is 5.75 Å². The Labute approximate surface area is 227 Å². The first-order valence-electron chi connectivity index (χ1n) is 13.4. The molecule has 12 heteroatoms. The maximum absolute atomic E-state index is 12.8. The van der Waals surface area contributed by atoms with Gasteiger partial charge in [0.1, 0.15) is 11.6 Å². The molecule has 3 amide bonds. The zero-order valence-electron chi connectivity index (χ0n) is 22.8. The summed E-state index contributed by atoms with van der Waals surface area (Å²) in [5.41, 5.74) is 12.2. The number of carbonyl (C=O) groups excluding carboxylic acids is 2. The smallest absolute Gasteiger partial charge is 0.354 e. The van der Waals surface area contributed by atoms with E-state index in [-0.39, 0.29) is 17.8 Å². The fourth-order valence-corrected chi connectivity index (χ4v) is 5.59. The van der Waals surface area contributed by atoms with Crippen molar-refractivity contribution in [1.29, 1.82) is 0 Å². The monoisotopic (exact) mass is 538 g/mol. The van der Waals surface area contributed by atoms with Gasteiger partial charge in [-0.05, 0) is 49.8 Å². The summed E-state index contributed by atoms with van der Waals surface area (Å²) < 4.78 is 7.04. The number of urea groups is 1. The number of likely N-dealkylation sites (tertiary alicyclic amines) is 1. The summed E-state index contributed by atoms with van der Waals surface area (Å²) in [5.74, 6) is 2.05. The number of carbonyl (C=O) groups is 2. The molecule has 3 aliphatic rings. The van der Waals surface area contributed by atoms with Crippen LogP contribution in [0.2, 0.25) is 0 Å². The van der Waals surface area contributed by atoms with Crippen LogP contribution in [0.3, 0.4) is 0 Å². The molecular weight excluding hydrogens is 500 g/mol. The Hall–Kier alpha value is -3.48. The molecule has 0 radical (unpaired) electrons. The van der Waals surface area contributed by atoms with E-state index in [1.165, 1.54) is 4.57 Å². The molecule has 0 bridgehead atoms. The van der Waals surface area contributed by atoms with Crippen molar-refractivity contribution in [3.05, 3.63) is 46.5 Å². The highest BCUT2D eigenvalue weighted by Gasteiger charge is 2.53. The molecule has 210 valence electrons. The molecule has 2 aliphatic heterocycles. The highest BCUT2D eigenvalue weighted by Crippen LogP contribution is 2.43. The van der Waals surface area contributed by atoms with E-state index < -0.39 is 11.2 Å². The van der Waals surface area contributed by atoms with Gasteiger partial charge < -0.3 is 30.9 Å². The summed E-state index contributed by atoms with van der Waals surface area (Å²) in [6.07, 6.45) is 2.43. The number of rotatable bonds is 7. The summed E-state index contributed by atoms with van der Waals surface area (Å²) in [6, 6.07) is 7.28. The number of nitrogens with one attached hydrogen (secondary N) is 1. The average molecular weight is 539 g/mol. The second-order valence-electron chi connectivity index (χ2n) is 11.3. The molecule has 39 heavy (non-hydrogen) atoms. The lowest BCUT2D eigenvalue weighted by molar-refractivity contribution is -0.137. The number of nitrogens with two attached hydrogens (primary N) is 2. The molecule has 2 saturated heterocycles. The van der Waals surface area contributed by atoms with Crippen LogP contribution in [0.15, 0.2) is 35.3 Å². The minimum atomic E-state index is -0.953. The van der Waals surface area contributed by atoms with Crippen molar-refractivity contribution in [1.82, 2.24) is 24.3 Å². The SMILES string of the molecule is COc1cc(-n2ccc(NC(=O)N3CCN(C(=O)C(C)(C)N)CC3)nc2=O)ccc1CCN1CC2C(N)C2C1. The number of amides is 3. The zero-order chi connectivity index (χ0) is 27.9. The minimum Gasteiger partial charge on any atom is -0.496 e. The van der Waals surface area contributed by atoms with Gasteiger partial charge in [-0.15, -0.1) is 0 Å². The van der Waals surface area contributed by atoms with E-state index in [9.17, 15) is 14.4 Å². The summed E-state index contributed by atoms with van der Waals surface area (Å²) >= 11 is 0. The van der Waals surface area contributed by atoms with E-state index in [0.29, 0.717) is 55.5 Å². The Morgan fingerprint density at radius 2 is 1.77 bits per heavy atom. The van der Waals surface area contributed by atoms with Gasteiger partial charge in [0.25, 0.3) is 0 Å². The van der Waals surface area contributed by atoms with Crippen molar-refractivity contribution in [3.63, 3.8) is 0 Å². The molecule has 2 aromatic rings. The standard InChI is InChI=1S/C27H38N8O4/c1-27(2,29)24(36)33-10-12-34(13-11-33)25(37)30-22-7-9-35(26(38)31-22)18-5-4-17(21(14-18)39-3)6-8-32-15-19-20(16-32)23(19)28/h4-5,7,9,14,19-20,23H,6,8,10-13,15-16,28-29H2,1-3H3,(H,30,31,37,38). The van der Waals surface area contributed by atoms with Crippen LogP contribution in [0, 0.1) is 11.8 Å². The van der Waals surface area contributed by atoms with Gasteiger partial charge in [0.05, 0.1) is 18.3 Å². The Morgan fingerprint density at radius 3 is 2.38 bits per heavy atom. The average Bonchev–Trinajstić information content (AvgIpc) is 3.30. The first-order chi connectivity index (χ1) is 18.5. The molecule has 1 aromatic heterocycles. The number of piperidine rings is 1. The zero-order valence-corrected chi connectivity index (χ0v) is 22.8. The van der Waals surface area contributed by atoms with E-state index in [2.05, 4.69) is 15.2 Å². The minimum absolute atomic E-state index is 0.148. The Bertz CT molecular complexity index is 1290. The normalized spacial score (nSPS) is 22.9. The van der Waals surface area contributed by atoms with Gasteiger partial charge in [-0.3, -0.25) is 14.7 Å². The molecule has 5 rings (SSSR count). The quantitative estimate of drug-likeness (QED) is 0.448. The Morgan fingerprint density at radius 1 is 1.10 bits per heavy atom. The number of piperazine rings is 1. The lowest BCUT2D eigenvalue weighted by Gasteiger charge is -2.37. The molecule has 2 unspecified atom stereocenters. The number of hydrogen-bond acceptors (Lipinski definition) is 8. The van der Waals surface area contributed by atoms with Gasteiger partial charge in [-0.1, -0.05) is 6.07 Å². The van der Waals surface area contributed by atoms with Crippen LogP contribution >= 0.6 is 0 Å². The summed E-state index contributed by atoms with van der Waals surface area (Å²) in [5, 5.41) is 2.69. The number of hydrogen-bond donors (Lipinski definition) is 3. The third kappa shape index (κ3) is 5.77. The predicted molar refractivity (Wildman–Crippen MR) is 147 cm³/mol. The van der Waals surface area contributed by atoms with Crippen molar-refractivity contribution >= 4 is 17.8 Å². The maximum atomic E-state index is 12.8. The van der Waals surface area contributed by atoms with Crippen molar-refractivity contribution < 1.29 is 14.3 Å². The highest BCUT2D eigenvalue weighted by atomic mass is 16.5. The van der Waals surface area contributed by atoms with Crippen LogP contribution < -0.4 is 27.2 Å². The number of nitrogens with zero attached hydrogens (tertiary/aromatic N) is 5. The molecule has 1 saturated carbocycles. The second-order valence-corrected chi connectivity index (χ2v) is 11.3. The fraction of sp³-hybridized carbons (Fsp3) is 0.556. The number of aromatic nitrogens is 2. The third-order valence-corrected chi connectivity index (χ3v) is 8.03. The van der Waals surface area contributed by atoms with Crippen molar-refractivity contribution in [2.75, 3.05) is 58.2 Å². The van der Waals surface area contributed by atoms with Crippen LogP contribution in [0.4, 0.5) is 10.6 Å². The number of anilines is 1. The summed E-state index contributed by atoms with van der Waals surface area (Å²) in [6.45, 7) is 7.94. The van der Waals surface area contributed by atoms with Crippen molar-refractivity contribution in [2.45, 2.75) is 31.8 Å². The lowest BCUT2D eigenvalue weighted by Crippen LogP contribution is -2.58. The van der Waals surface area contributed by atoms with Gasteiger partial charge in [-0.25, -0.2) is 9.59 Å². The molecule has 1 aromatic carbocycles. The van der Waals surface area contributed by atoms with Crippen LogP contribution in [0.1, 0.15) is 19.4 Å². The number of methoxy groups -OCH3 is 1. The number of fused-ring (bicyclic) bond motifs is 1. The van der Waals surface area contributed by atoms with Crippen molar-refractivity contribution in [2.24, 2.45) is 23.3 Å². The van der Waals surface area contributed by atoms with Gasteiger partial charge in [0.2, 0.25) is 5.91 Å². The Kier molecular flexibility index (Phi) is 7.36. The molecule has 5 N–H and O–H groups in total. The third-order valence-electron chi connectivity index (χ3n) is 8.03. The first-order valence-corrected chi connectivity index (χ1v) is 13.4. The predicted octanol–water partition coefficient (Wildman–Crippen LogP) is 0.0859. The molecule has 3 heterocycles.